The van der Waals surface area contributed by atoms with Gasteiger partial charge in [0, 0.05) is 25.7 Å². The van der Waals surface area contributed by atoms with E-state index in [1.165, 1.54) is 0 Å². The van der Waals surface area contributed by atoms with Crippen molar-refractivity contribution in [2.45, 2.75) is 25.2 Å². The van der Waals surface area contributed by atoms with E-state index in [1.54, 1.807) is 0 Å². The molecule has 2 heterocycles. The van der Waals surface area contributed by atoms with Crippen LogP contribution in [0.15, 0.2) is 12.1 Å². The molecule has 0 aliphatic carbocycles. The van der Waals surface area contributed by atoms with E-state index in [-0.39, 0.29) is 0 Å². The maximum Gasteiger partial charge on any atom is 0.148 e. The van der Waals surface area contributed by atoms with E-state index in [0.29, 0.717) is 5.92 Å². The van der Waals surface area contributed by atoms with Gasteiger partial charge in [0.25, 0.3) is 0 Å². The Labute approximate surface area is 108 Å². The molecule has 18 heavy (non-hydrogen) atoms. The molecule has 0 bridgehead atoms. The summed E-state index contributed by atoms with van der Waals surface area (Å²) in [5.74, 6) is 1.38. The number of nitrogens with zero attached hydrogens (tertiary/aromatic N) is 2. The summed E-state index contributed by atoms with van der Waals surface area (Å²) in [6.45, 7) is 3.62. The molecule has 0 saturated carbocycles. The maximum absolute atomic E-state index is 5.35. The molecule has 2 N–H and O–H groups in total. The average molecular weight is 250 g/mol. The molecular weight excluding hydrogens is 228 g/mol. The summed E-state index contributed by atoms with van der Waals surface area (Å²) in [4.78, 5) is 0. The van der Waals surface area contributed by atoms with E-state index in [1.807, 2.05) is 13.1 Å². The summed E-state index contributed by atoms with van der Waals surface area (Å²) >= 11 is 0. The van der Waals surface area contributed by atoms with Crippen LogP contribution in [0.4, 0.5) is 5.82 Å². The Hall–Kier alpha value is -1.20. The first-order valence-electron chi connectivity index (χ1n) is 6.70. The lowest BCUT2D eigenvalue weighted by molar-refractivity contribution is 0.0843. The van der Waals surface area contributed by atoms with Crippen molar-refractivity contribution in [3.8, 4) is 0 Å². The van der Waals surface area contributed by atoms with Crippen LogP contribution in [-0.2, 0) is 4.74 Å². The van der Waals surface area contributed by atoms with E-state index >= 15 is 0 Å². The summed E-state index contributed by atoms with van der Waals surface area (Å²) in [7, 11) is 1.96. The number of ether oxygens (including phenoxy) is 1. The van der Waals surface area contributed by atoms with Gasteiger partial charge in [0.05, 0.1) is 5.69 Å². The van der Waals surface area contributed by atoms with Crippen LogP contribution in [0.3, 0.4) is 0 Å². The molecule has 1 aromatic rings. The highest BCUT2D eigenvalue weighted by Crippen LogP contribution is 2.24. The highest BCUT2D eigenvalue weighted by Gasteiger charge is 2.17. The normalized spacial score (nSPS) is 16.7. The highest BCUT2D eigenvalue weighted by molar-refractivity contribution is 5.33. The van der Waals surface area contributed by atoms with Gasteiger partial charge >= 0.3 is 0 Å². The molecule has 0 spiro atoms. The van der Waals surface area contributed by atoms with E-state index in [2.05, 4.69) is 26.9 Å². The second-order valence-electron chi connectivity index (χ2n) is 4.61. The third kappa shape index (κ3) is 3.92. The van der Waals surface area contributed by atoms with E-state index in [9.17, 15) is 0 Å². The Bertz CT molecular complexity index is 335. The van der Waals surface area contributed by atoms with E-state index in [4.69, 9.17) is 4.74 Å². The van der Waals surface area contributed by atoms with Gasteiger partial charge in [0.1, 0.15) is 5.82 Å². The first kappa shape index (κ1) is 13.2. The molecule has 1 saturated heterocycles. The number of aromatic nitrogens is 2. The molecule has 0 aromatic carbocycles. The van der Waals surface area contributed by atoms with Crippen molar-refractivity contribution in [3.05, 3.63) is 17.8 Å². The molecule has 0 atom stereocenters. The third-order valence-corrected chi connectivity index (χ3v) is 3.23. The highest BCUT2D eigenvalue weighted by atomic mass is 16.5. The van der Waals surface area contributed by atoms with Crippen molar-refractivity contribution < 1.29 is 4.74 Å². The van der Waals surface area contributed by atoms with Crippen LogP contribution in [0.25, 0.3) is 0 Å². The zero-order valence-corrected chi connectivity index (χ0v) is 11.0. The first-order chi connectivity index (χ1) is 8.90. The first-order valence-corrected chi connectivity index (χ1v) is 6.70. The third-order valence-electron chi connectivity index (χ3n) is 3.23. The molecule has 1 aliphatic heterocycles. The molecule has 100 valence electrons. The number of hydrogen-bond acceptors (Lipinski definition) is 5. The van der Waals surface area contributed by atoms with Gasteiger partial charge < -0.3 is 15.4 Å². The Morgan fingerprint density at radius 2 is 2.06 bits per heavy atom. The molecule has 0 unspecified atom stereocenters. The van der Waals surface area contributed by atoms with Crippen LogP contribution in [0.1, 0.15) is 30.9 Å². The smallest absolute Gasteiger partial charge is 0.148 e. The van der Waals surface area contributed by atoms with Crippen LogP contribution < -0.4 is 10.6 Å². The van der Waals surface area contributed by atoms with Crippen LogP contribution in [0.2, 0.25) is 0 Å². The van der Waals surface area contributed by atoms with Gasteiger partial charge in [-0.2, -0.15) is 5.10 Å². The Kier molecular flexibility index (Phi) is 5.36. The van der Waals surface area contributed by atoms with Crippen LogP contribution in [0.5, 0.6) is 0 Å². The Balaban J connectivity index is 1.81. The lowest BCUT2D eigenvalue weighted by Crippen LogP contribution is -2.16. The van der Waals surface area contributed by atoms with Gasteiger partial charge in [-0.1, -0.05) is 0 Å². The van der Waals surface area contributed by atoms with Crippen molar-refractivity contribution in [1.29, 1.82) is 0 Å². The van der Waals surface area contributed by atoms with Gasteiger partial charge in [0.2, 0.25) is 0 Å². The molecule has 1 aliphatic rings. The van der Waals surface area contributed by atoms with Crippen molar-refractivity contribution in [3.63, 3.8) is 0 Å². The molecule has 0 amide bonds. The topological polar surface area (TPSA) is 59.1 Å². The van der Waals surface area contributed by atoms with Crippen LogP contribution in [0, 0.1) is 0 Å². The summed E-state index contributed by atoms with van der Waals surface area (Å²) in [5, 5.41) is 14.9. The fourth-order valence-corrected chi connectivity index (χ4v) is 2.13. The molecule has 1 aromatic heterocycles. The largest absolute Gasteiger partial charge is 0.381 e. The predicted octanol–water partition coefficient (Wildman–Crippen LogP) is 1.39. The fraction of sp³-hybridized carbons (Fsp3) is 0.692. The molecule has 5 heteroatoms. The van der Waals surface area contributed by atoms with Crippen LogP contribution in [-0.4, -0.2) is 43.5 Å². The summed E-state index contributed by atoms with van der Waals surface area (Å²) in [5.41, 5.74) is 1.10. The van der Waals surface area contributed by atoms with Gasteiger partial charge in [0.15, 0.2) is 0 Å². The molecule has 0 radical (unpaired) electrons. The quantitative estimate of drug-likeness (QED) is 0.747. The minimum absolute atomic E-state index is 0.518. The second-order valence-corrected chi connectivity index (χ2v) is 4.61. The number of nitrogens with one attached hydrogen (secondary N) is 2. The molecule has 1 fully saturated rings. The summed E-state index contributed by atoms with van der Waals surface area (Å²) in [6.07, 6.45) is 3.20. The summed E-state index contributed by atoms with van der Waals surface area (Å²) in [6, 6.07) is 4.11. The monoisotopic (exact) mass is 250 g/mol. The van der Waals surface area contributed by atoms with Crippen molar-refractivity contribution in [2.75, 3.05) is 38.7 Å². The van der Waals surface area contributed by atoms with E-state index < -0.39 is 0 Å². The predicted molar refractivity (Wildman–Crippen MR) is 71.9 cm³/mol. The van der Waals surface area contributed by atoms with Gasteiger partial charge in [-0.15, -0.1) is 5.10 Å². The average Bonchev–Trinajstić information content (AvgIpc) is 2.45. The van der Waals surface area contributed by atoms with Gasteiger partial charge in [-0.25, -0.2) is 0 Å². The summed E-state index contributed by atoms with van der Waals surface area (Å²) < 4.78 is 5.35. The zero-order chi connectivity index (χ0) is 12.6. The standard InChI is InChI=1S/C13H22N4O/c1-14-7-2-8-15-13-4-3-12(16-17-13)11-5-9-18-10-6-11/h3-4,11,14H,2,5-10H2,1H3,(H,15,17). The second kappa shape index (κ2) is 7.28. The minimum Gasteiger partial charge on any atom is -0.381 e. The molecule has 2 rings (SSSR count). The van der Waals surface area contributed by atoms with Gasteiger partial charge in [-0.3, -0.25) is 0 Å². The van der Waals surface area contributed by atoms with Crippen LogP contribution >= 0.6 is 0 Å². The van der Waals surface area contributed by atoms with Crippen molar-refractivity contribution in [1.82, 2.24) is 15.5 Å². The molecular formula is C13H22N4O. The lowest BCUT2D eigenvalue weighted by atomic mass is 9.96. The molecule has 5 nitrogen and oxygen atoms in total. The van der Waals surface area contributed by atoms with E-state index in [0.717, 1.165) is 57.1 Å². The zero-order valence-electron chi connectivity index (χ0n) is 11.0. The number of hydrogen-bond donors (Lipinski definition) is 2. The Morgan fingerprint density at radius 1 is 1.22 bits per heavy atom. The lowest BCUT2D eigenvalue weighted by Gasteiger charge is -2.21. The fourth-order valence-electron chi connectivity index (χ4n) is 2.13. The SMILES string of the molecule is CNCCCNc1ccc(C2CCOCC2)nn1. The van der Waals surface area contributed by atoms with Gasteiger partial charge in [-0.05, 0) is 45.0 Å². The van der Waals surface area contributed by atoms with Crippen molar-refractivity contribution in [2.24, 2.45) is 0 Å². The Morgan fingerprint density at radius 3 is 2.72 bits per heavy atom. The number of anilines is 1. The minimum atomic E-state index is 0.518. The maximum atomic E-state index is 5.35. The number of rotatable bonds is 6. The van der Waals surface area contributed by atoms with Crippen molar-refractivity contribution >= 4 is 5.82 Å².